The van der Waals surface area contributed by atoms with Crippen molar-refractivity contribution in [1.82, 2.24) is 5.32 Å². The zero-order valence-corrected chi connectivity index (χ0v) is 9.59. The van der Waals surface area contributed by atoms with Crippen LogP contribution >= 0.6 is 0 Å². The molecule has 0 aromatic rings. The van der Waals surface area contributed by atoms with Crippen molar-refractivity contribution in [3.05, 3.63) is 12.7 Å². The van der Waals surface area contributed by atoms with Crippen molar-refractivity contribution in [3.8, 4) is 0 Å². The van der Waals surface area contributed by atoms with Gasteiger partial charge in [0.15, 0.2) is 0 Å². The molecule has 0 saturated carbocycles. The lowest BCUT2D eigenvalue weighted by molar-refractivity contribution is -0.147. The van der Waals surface area contributed by atoms with Crippen LogP contribution in [0.15, 0.2) is 12.7 Å². The maximum absolute atomic E-state index is 11.9. The molecule has 2 bridgehead atoms. The predicted molar refractivity (Wildman–Crippen MR) is 60.3 cm³/mol. The quantitative estimate of drug-likeness (QED) is 0.543. The molecule has 2 fully saturated rings. The maximum Gasteiger partial charge on any atom is 0.310 e. The lowest BCUT2D eigenvalue weighted by atomic mass is 9.79. The van der Waals surface area contributed by atoms with Gasteiger partial charge in [-0.05, 0) is 19.3 Å². The summed E-state index contributed by atoms with van der Waals surface area (Å²) in [6.07, 6.45) is 3.43. The molecule has 5 heteroatoms. The first-order valence-electron chi connectivity index (χ1n) is 5.92. The van der Waals surface area contributed by atoms with Gasteiger partial charge in [0, 0.05) is 6.54 Å². The monoisotopic (exact) mass is 239 g/mol. The normalized spacial score (nSPS) is 34.6. The molecule has 2 aliphatic rings. The molecule has 2 saturated heterocycles. The molecule has 2 aliphatic heterocycles. The van der Waals surface area contributed by atoms with E-state index in [1.54, 1.807) is 6.08 Å². The number of carbonyl (C=O) groups is 2. The van der Waals surface area contributed by atoms with Gasteiger partial charge in [-0.2, -0.15) is 0 Å². The number of hydrogen-bond acceptors (Lipinski definition) is 3. The van der Waals surface area contributed by atoms with Crippen LogP contribution in [0.25, 0.3) is 0 Å². The Kier molecular flexibility index (Phi) is 3.47. The molecule has 0 aromatic heterocycles. The van der Waals surface area contributed by atoms with E-state index in [1.165, 1.54) is 0 Å². The number of ether oxygens (including phenoxy) is 1. The highest BCUT2D eigenvalue weighted by molar-refractivity contribution is 5.86. The highest BCUT2D eigenvalue weighted by Gasteiger charge is 2.55. The number of carboxylic acids is 1. The third kappa shape index (κ3) is 2.20. The van der Waals surface area contributed by atoms with E-state index in [9.17, 15) is 9.59 Å². The van der Waals surface area contributed by atoms with Crippen LogP contribution < -0.4 is 5.32 Å². The number of fused-ring (bicyclic) bond motifs is 2. The summed E-state index contributed by atoms with van der Waals surface area (Å²) >= 11 is 0. The van der Waals surface area contributed by atoms with Crippen LogP contribution in [-0.4, -0.2) is 35.7 Å². The molecule has 2 N–H and O–H groups in total. The van der Waals surface area contributed by atoms with Gasteiger partial charge >= 0.3 is 5.97 Å². The number of aliphatic carboxylic acids is 1. The molecular formula is C12H17NO4. The fourth-order valence-electron chi connectivity index (χ4n) is 2.74. The molecule has 0 radical (unpaired) electrons. The van der Waals surface area contributed by atoms with E-state index < -0.39 is 17.8 Å². The average molecular weight is 239 g/mol. The van der Waals surface area contributed by atoms with Crippen LogP contribution in [0.4, 0.5) is 0 Å². The summed E-state index contributed by atoms with van der Waals surface area (Å²) in [7, 11) is 0. The summed E-state index contributed by atoms with van der Waals surface area (Å²) < 4.78 is 5.52. The fraction of sp³-hybridized carbons (Fsp3) is 0.667. The van der Waals surface area contributed by atoms with Gasteiger partial charge in [0.25, 0.3) is 0 Å². The highest BCUT2D eigenvalue weighted by atomic mass is 16.5. The Bertz CT molecular complexity index is 341. The van der Waals surface area contributed by atoms with Gasteiger partial charge in [0.05, 0.1) is 24.0 Å². The number of rotatable bonds is 5. The molecule has 17 heavy (non-hydrogen) atoms. The Morgan fingerprint density at radius 2 is 2.00 bits per heavy atom. The van der Waals surface area contributed by atoms with Crippen LogP contribution in [0, 0.1) is 11.8 Å². The summed E-state index contributed by atoms with van der Waals surface area (Å²) in [5.41, 5.74) is 0. The van der Waals surface area contributed by atoms with E-state index in [1.807, 2.05) is 0 Å². The van der Waals surface area contributed by atoms with Crippen molar-refractivity contribution in [1.29, 1.82) is 0 Å². The first-order chi connectivity index (χ1) is 8.15. The van der Waals surface area contributed by atoms with Gasteiger partial charge in [-0.1, -0.05) is 6.08 Å². The molecule has 94 valence electrons. The van der Waals surface area contributed by atoms with Gasteiger partial charge in [0.2, 0.25) is 5.91 Å². The molecule has 5 nitrogen and oxygen atoms in total. The molecule has 0 spiro atoms. The van der Waals surface area contributed by atoms with Crippen LogP contribution in [0.2, 0.25) is 0 Å². The highest BCUT2D eigenvalue weighted by Crippen LogP contribution is 2.43. The van der Waals surface area contributed by atoms with E-state index in [4.69, 9.17) is 9.84 Å². The van der Waals surface area contributed by atoms with Gasteiger partial charge < -0.3 is 15.2 Å². The van der Waals surface area contributed by atoms with Crippen molar-refractivity contribution in [2.45, 2.75) is 31.5 Å². The second-order valence-corrected chi connectivity index (χ2v) is 4.55. The molecule has 1 amide bonds. The SMILES string of the molecule is C=CCCNC(=O)C1C(C(=O)O)[C@@H]2CC[C@H]1O2. The third-order valence-electron chi connectivity index (χ3n) is 3.51. The van der Waals surface area contributed by atoms with Gasteiger partial charge in [-0.15, -0.1) is 6.58 Å². The van der Waals surface area contributed by atoms with Gasteiger partial charge in [-0.25, -0.2) is 0 Å². The molecule has 2 rings (SSSR count). The Hall–Kier alpha value is -1.36. The van der Waals surface area contributed by atoms with E-state index >= 15 is 0 Å². The van der Waals surface area contributed by atoms with Gasteiger partial charge in [0.1, 0.15) is 0 Å². The van der Waals surface area contributed by atoms with Crippen molar-refractivity contribution in [2.75, 3.05) is 6.54 Å². The summed E-state index contributed by atoms with van der Waals surface area (Å²) in [6.45, 7) is 4.07. The molecule has 2 unspecified atom stereocenters. The first kappa shape index (κ1) is 12.1. The van der Waals surface area contributed by atoms with Crippen LogP contribution in [0.3, 0.4) is 0 Å². The number of hydrogen-bond donors (Lipinski definition) is 2. The Labute approximate surface area is 99.8 Å². The standard InChI is InChI=1S/C12H17NO4/c1-2-3-6-13-11(14)9-7-4-5-8(17-7)10(9)12(15)16/h2,7-10H,1,3-6H2,(H,13,14)(H,15,16)/t7-,8+,9?,10?/m1/s1. The first-order valence-corrected chi connectivity index (χ1v) is 5.92. The Balaban J connectivity index is 2.00. The Morgan fingerprint density at radius 3 is 2.59 bits per heavy atom. The molecule has 4 atom stereocenters. The van der Waals surface area contributed by atoms with Crippen LogP contribution in [0.5, 0.6) is 0 Å². The average Bonchev–Trinajstić information content (AvgIpc) is 2.88. The lowest BCUT2D eigenvalue weighted by Gasteiger charge is -2.23. The predicted octanol–water partition coefficient (Wildman–Crippen LogP) is 0.557. The summed E-state index contributed by atoms with van der Waals surface area (Å²) in [4.78, 5) is 23.1. The van der Waals surface area contributed by atoms with Crippen molar-refractivity contribution in [2.24, 2.45) is 11.8 Å². The second-order valence-electron chi connectivity index (χ2n) is 4.55. The van der Waals surface area contributed by atoms with E-state index in [-0.39, 0.29) is 18.1 Å². The van der Waals surface area contributed by atoms with Crippen molar-refractivity contribution < 1.29 is 19.4 Å². The topological polar surface area (TPSA) is 75.6 Å². The number of carboxylic acid groups (broad SMARTS) is 1. The Morgan fingerprint density at radius 1 is 1.35 bits per heavy atom. The summed E-state index contributed by atoms with van der Waals surface area (Å²) in [6, 6.07) is 0. The number of nitrogens with one attached hydrogen (secondary N) is 1. The van der Waals surface area contributed by atoms with E-state index in [0.29, 0.717) is 13.0 Å². The molecule has 0 aliphatic carbocycles. The molecule has 0 aromatic carbocycles. The maximum atomic E-state index is 11.9. The lowest BCUT2D eigenvalue weighted by Crippen LogP contribution is -2.44. The van der Waals surface area contributed by atoms with Gasteiger partial charge in [-0.3, -0.25) is 9.59 Å². The molecule has 2 heterocycles. The zero-order chi connectivity index (χ0) is 12.4. The van der Waals surface area contributed by atoms with Crippen molar-refractivity contribution >= 4 is 11.9 Å². The molecular weight excluding hydrogens is 222 g/mol. The van der Waals surface area contributed by atoms with Crippen LogP contribution in [-0.2, 0) is 14.3 Å². The van der Waals surface area contributed by atoms with Crippen molar-refractivity contribution in [3.63, 3.8) is 0 Å². The second kappa shape index (κ2) is 4.87. The van der Waals surface area contributed by atoms with E-state index in [0.717, 1.165) is 12.8 Å². The van der Waals surface area contributed by atoms with E-state index in [2.05, 4.69) is 11.9 Å². The minimum absolute atomic E-state index is 0.202. The summed E-state index contributed by atoms with van der Waals surface area (Å²) in [5, 5.41) is 11.9. The minimum Gasteiger partial charge on any atom is -0.481 e. The minimum atomic E-state index is -0.930. The van der Waals surface area contributed by atoms with Crippen LogP contribution in [0.1, 0.15) is 19.3 Å². The number of amides is 1. The third-order valence-corrected chi connectivity index (χ3v) is 3.51. The largest absolute Gasteiger partial charge is 0.481 e. The summed E-state index contributed by atoms with van der Waals surface area (Å²) in [5.74, 6) is -2.35. The zero-order valence-electron chi connectivity index (χ0n) is 9.59. The smallest absolute Gasteiger partial charge is 0.310 e. The number of carbonyl (C=O) groups excluding carboxylic acids is 1. The fourth-order valence-corrected chi connectivity index (χ4v) is 2.74.